The molecular weight excluding hydrogens is 745 g/mol. The van der Waals surface area contributed by atoms with Gasteiger partial charge >= 0.3 is 0 Å². The standard InChI is InChI=1S/C62H40/c1-6-43-24-26-47-28-32-55(57-34-30-45(8-1)59(43)61(47)57)53-14-4-12-51(37-53)41-20-16-39(17-21-41)49-10-3-11-50(36-49)40-18-22-42(23-19-40)52-13-5-15-54(38-52)56-33-29-48-27-25-44-7-2-9-46-31-35-58(56)62(48)60(44)46/h1-6,8-26,28-38H,7,27H2. The molecule has 0 aromatic heterocycles. The highest BCUT2D eigenvalue weighted by atomic mass is 14.3. The zero-order chi connectivity index (χ0) is 40.7. The maximum atomic E-state index is 2.43. The van der Waals surface area contributed by atoms with E-state index in [1.165, 1.54) is 132 Å². The first kappa shape index (κ1) is 35.0. The molecule has 0 atom stereocenters. The Morgan fingerprint density at radius 1 is 0.306 bits per heavy atom. The highest BCUT2D eigenvalue weighted by molar-refractivity contribution is 6.25. The third kappa shape index (κ3) is 5.61. The molecule has 2 aliphatic rings. The molecule has 0 fully saturated rings. The molecule has 13 rings (SSSR count). The molecular formula is C62H40. The Morgan fingerprint density at radius 2 is 0.758 bits per heavy atom. The van der Waals surface area contributed by atoms with E-state index in [9.17, 15) is 0 Å². The first-order valence-electron chi connectivity index (χ1n) is 21.8. The first-order chi connectivity index (χ1) is 30.7. The Balaban J connectivity index is 0.768. The number of allylic oxidation sites excluding steroid dienone is 3. The Hall–Kier alpha value is -7.80. The summed E-state index contributed by atoms with van der Waals surface area (Å²) in [6.45, 7) is 0. The molecule has 0 heteroatoms. The smallest absolute Gasteiger partial charge is 0.00206 e. The van der Waals surface area contributed by atoms with Crippen LogP contribution in [0.25, 0.3) is 122 Å². The van der Waals surface area contributed by atoms with Crippen LogP contribution in [0.4, 0.5) is 0 Å². The molecule has 0 saturated heterocycles. The van der Waals surface area contributed by atoms with Gasteiger partial charge in [-0.25, -0.2) is 0 Å². The van der Waals surface area contributed by atoms with Crippen LogP contribution < -0.4 is 0 Å². The average molecular weight is 785 g/mol. The zero-order valence-electron chi connectivity index (χ0n) is 34.2. The molecule has 288 valence electrons. The molecule has 0 heterocycles. The van der Waals surface area contributed by atoms with Crippen LogP contribution in [-0.2, 0) is 6.42 Å². The van der Waals surface area contributed by atoms with Crippen molar-refractivity contribution in [3.63, 3.8) is 0 Å². The Bertz CT molecular complexity index is 3640. The molecule has 0 saturated carbocycles. The summed E-state index contributed by atoms with van der Waals surface area (Å²) in [6.07, 6.45) is 9.06. The molecule has 0 spiro atoms. The van der Waals surface area contributed by atoms with Crippen molar-refractivity contribution in [1.82, 2.24) is 0 Å². The summed E-state index contributed by atoms with van der Waals surface area (Å²) < 4.78 is 0. The minimum atomic E-state index is 1.01. The molecule has 0 amide bonds. The largest absolute Gasteiger partial charge is 0.0795 e. The number of hydrogen-bond donors (Lipinski definition) is 0. The summed E-state index contributed by atoms with van der Waals surface area (Å²) in [4.78, 5) is 0. The quantitative estimate of drug-likeness (QED) is 0.147. The summed E-state index contributed by atoms with van der Waals surface area (Å²) in [5, 5.41) is 10.7. The molecule has 11 aromatic rings. The van der Waals surface area contributed by atoms with Crippen LogP contribution in [0.1, 0.15) is 23.1 Å². The molecule has 62 heavy (non-hydrogen) atoms. The van der Waals surface area contributed by atoms with Crippen molar-refractivity contribution in [1.29, 1.82) is 0 Å². The second-order valence-electron chi connectivity index (χ2n) is 17.1. The van der Waals surface area contributed by atoms with Crippen LogP contribution in [0.15, 0.2) is 212 Å². The van der Waals surface area contributed by atoms with Crippen LogP contribution in [0.3, 0.4) is 0 Å². The molecule has 0 aliphatic heterocycles. The Morgan fingerprint density at radius 3 is 1.35 bits per heavy atom. The van der Waals surface area contributed by atoms with E-state index in [-0.39, 0.29) is 0 Å². The highest BCUT2D eigenvalue weighted by Crippen LogP contribution is 2.44. The van der Waals surface area contributed by atoms with Crippen molar-refractivity contribution in [3.8, 4) is 66.8 Å². The molecule has 2 aliphatic carbocycles. The summed E-state index contributed by atoms with van der Waals surface area (Å²) in [7, 11) is 0. The molecule has 0 N–H and O–H groups in total. The fraction of sp³-hybridized carbons (Fsp3) is 0.0323. The lowest BCUT2D eigenvalue weighted by Crippen LogP contribution is -2.03. The van der Waals surface area contributed by atoms with Crippen molar-refractivity contribution >= 4 is 54.7 Å². The van der Waals surface area contributed by atoms with Gasteiger partial charge in [-0.3, -0.25) is 0 Å². The van der Waals surface area contributed by atoms with Crippen molar-refractivity contribution < 1.29 is 0 Å². The van der Waals surface area contributed by atoms with Crippen molar-refractivity contribution in [2.45, 2.75) is 12.8 Å². The lowest BCUT2D eigenvalue weighted by atomic mass is 9.80. The molecule has 11 aromatic carbocycles. The summed E-state index contributed by atoms with van der Waals surface area (Å²) in [5.74, 6) is 0. The lowest BCUT2D eigenvalue weighted by molar-refractivity contribution is 1.23. The monoisotopic (exact) mass is 784 g/mol. The van der Waals surface area contributed by atoms with Crippen molar-refractivity contribution in [2.75, 3.05) is 0 Å². The number of benzene rings is 11. The van der Waals surface area contributed by atoms with E-state index in [1.54, 1.807) is 0 Å². The van der Waals surface area contributed by atoms with Crippen molar-refractivity contribution in [3.05, 3.63) is 229 Å². The van der Waals surface area contributed by atoms with Gasteiger partial charge in [0, 0.05) is 0 Å². The maximum Gasteiger partial charge on any atom is -0.00206 e. The third-order valence-electron chi connectivity index (χ3n) is 13.7. The second-order valence-corrected chi connectivity index (χ2v) is 17.1. The summed E-state index contributed by atoms with van der Waals surface area (Å²) >= 11 is 0. The van der Waals surface area contributed by atoms with E-state index < -0.39 is 0 Å². The van der Waals surface area contributed by atoms with Crippen LogP contribution in [0, 0.1) is 0 Å². The zero-order valence-corrected chi connectivity index (χ0v) is 34.2. The summed E-state index contributed by atoms with van der Waals surface area (Å²) in [5.41, 5.74) is 20.5. The van der Waals surface area contributed by atoms with Gasteiger partial charge in [-0.1, -0.05) is 200 Å². The van der Waals surface area contributed by atoms with E-state index in [0.717, 1.165) is 12.8 Å². The minimum Gasteiger partial charge on any atom is -0.0795 e. The van der Waals surface area contributed by atoms with Crippen LogP contribution in [-0.4, -0.2) is 0 Å². The molecule has 0 nitrogen and oxygen atoms in total. The summed E-state index contributed by atoms with van der Waals surface area (Å²) in [6, 6.07) is 74.7. The van der Waals surface area contributed by atoms with Gasteiger partial charge in [0.15, 0.2) is 0 Å². The predicted octanol–water partition coefficient (Wildman–Crippen LogP) is 17.1. The molecule has 0 radical (unpaired) electrons. The van der Waals surface area contributed by atoms with Gasteiger partial charge in [-0.15, -0.1) is 0 Å². The highest BCUT2D eigenvalue weighted by Gasteiger charge is 2.21. The number of hydrogen-bond acceptors (Lipinski definition) is 0. The average Bonchev–Trinajstić information content (AvgIpc) is 3.35. The van der Waals surface area contributed by atoms with Crippen LogP contribution in [0.5, 0.6) is 0 Å². The topological polar surface area (TPSA) is 0 Å². The Kier molecular flexibility index (Phi) is 7.84. The fourth-order valence-electron chi connectivity index (χ4n) is 10.6. The normalized spacial score (nSPS) is 13.1. The third-order valence-corrected chi connectivity index (χ3v) is 13.7. The fourth-order valence-corrected chi connectivity index (χ4v) is 10.6. The van der Waals surface area contributed by atoms with Crippen molar-refractivity contribution in [2.24, 2.45) is 0 Å². The van der Waals surface area contributed by atoms with Gasteiger partial charge in [-0.2, -0.15) is 0 Å². The van der Waals surface area contributed by atoms with Gasteiger partial charge in [0.2, 0.25) is 0 Å². The lowest BCUT2D eigenvalue weighted by Gasteiger charge is -2.24. The molecule has 0 bridgehead atoms. The Labute approximate surface area is 361 Å². The van der Waals surface area contributed by atoms with E-state index >= 15 is 0 Å². The first-order valence-corrected chi connectivity index (χ1v) is 21.8. The van der Waals surface area contributed by atoms with E-state index in [4.69, 9.17) is 0 Å². The predicted molar refractivity (Wildman–Crippen MR) is 266 cm³/mol. The van der Waals surface area contributed by atoms with Crippen LogP contribution in [0.2, 0.25) is 0 Å². The SMILES string of the molecule is C1=Cc2ccc3c(-c4cccc(-c5ccc(-c6cccc(-c7ccc(-c8cccc(-c9ccc%10ccc%11cccc%12ccc9c%10c%11%12)c8)cc7)c6)cc5)c4)ccc4c3c2C(=CC4)C1. The maximum absolute atomic E-state index is 2.43. The van der Waals surface area contributed by atoms with Gasteiger partial charge in [0.1, 0.15) is 0 Å². The van der Waals surface area contributed by atoms with E-state index in [1.807, 2.05) is 0 Å². The minimum absolute atomic E-state index is 1.01. The van der Waals surface area contributed by atoms with Crippen LogP contribution >= 0.6 is 0 Å². The molecule has 0 unspecified atom stereocenters. The van der Waals surface area contributed by atoms with E-state index in [0.29, 0.717) is 0 Å². The second kappa shape index (κ2) is 13.9. The van der Waals surface area contributed by atoms with Gasteiger partial charge in [0.25, 0.3) is 0 Å². The van der Waals surface area contributed by atoms with Gasteiger partial charge in [-0.05, 0) is 163 Å². The number of rotatable bonds is 6. The van der Waals surface area contributed by atoms with Gasteiger partial charge in [0.05, 0.1) is 0 Å². The van der Waals surface area contributed by atoms with E-state index in [2.05, 4.69) is 218 Å². The van der Waals surface area contributed by atoms with Gasteiger partial charge < -0.3 is 0 Å².